The van der Waals surface area contributed by atoms with Crippen LogP contribution in [0.4, 0.5) is 0 Å². The number of carbonyl (C=O) groups excluding carboxylic acids is 1. The van der Waals surface area contributed by atoms with Crippen molar-refractivity contribution in [3.63, 3.8) is 0 Å². The normalized spacial score (nSPS) is 22.7. The molecule has 0 aromatic carbocycles. The van der Waals surface area contributed by atoms with Gasteiger partial charge in [0.1, 0.15) is 0 Å². The summed E-state index contributed by atoms with van der Waals surface area (Å²) in [6.07, 6.45) is 5.36. The first-order chi connectivity index (χ1) is 4.84. The fraction of sp³-hybridized carbons (Fsp3) is 0.429. The molecular formula is C7H10N2O. The summed E-state index contributed by atoms with van der Waals surface area (Å²) in [5.41, 5.74) is 0. The van der Waals surface area contributed by atoms with Gasteiger partial charge in [0.05, 0.1) is 12.5 Å². The SMILES string of the molecule is CNC(=O)C1C=CC=NC1. The minimum absolute atomic E-state index is 0.0353. The highest BCUT2D eigenvalue weighted by atomic mass is 16.1. The molecule has 0 aromatic rings. The number of dihydropyridines is 1. The van der Waals surface area contributed by atoms with Crippen LogP contribution in [0.1, 0.15) is 0 Å². The number of carbonyl (C=O) groups is 1. The van der Waals surface area contributed by atoms with E-state index in [1.54, 1.807) is 19.3 Å². The molecule has 0 bridgehead atoms. The minimum atomic E-state index is -0.0602. The van der Waals surface area contributed by atoms with E-state index >= 15 is 0 Å². The molecule has 1 aliphatic rings. The van der Waals surface area contributed by atoms with Gasteiger partial charge in [-0.25, -0.2) is 0 Å². The predicted molar refractivity (Wildman–Crippen MR) is 40.1 cm³/mol. The second-order valence-corrected chi connectivity index (χ2v) is 2.12. The maximum Gasteiger partial charge on any atom is 0.228 e. The Balaban J connectivity index is 2.51. The molecule has 1 aliphatic heterocycles. The standard InChI is InChI=1S/C7H10N2O/c1-8-7(10)6-3-2-4-9-5-6/h2-4,6H,5H2,1H3,(H,8,10). The maximum absolute atomic E-state index is 10.9. The van der Waals surface area contributed by atoms with Crippen molar-refractivity contribution in [3.8, 4) is 0 Å². The predicted octanol–water partition coefficient (Wildman–Crippen LogP) is -0.0108. The topological polar surface area (TPSA) is 41.5 Å². The molecule has 0 saturated carbocycles. The molecule has 54 valence electrons. The van der Waals surface area contributed by atoms with Crippen LogP contribution in [0.25, 0.3) is 0 Å². The molecule has 0 spiro atoms. The monoisotopic (exact) mass is 138 g/mol. The first-order valence-corrected chi connectivity index (χ1v) is 3.23. The number of hydrogen-bond acceptors (Lipinski definition) is 2. The molecule has 0 radical (unpaired) electrons. The van der Waals surface area contributed by atoms with E-state index in [9.17, 15) is 4.79 Å². The zero-order valence-corrected chi connectivity index (χ0v) is 5.87. The fourth-order valence-corrected chi connectivity index (χ4v) is 0.836. The third-order valence-electron chi connectivity index (χ3n) is 1.42. The Labute approximate surface area is 59.8 Å². The lowest BCUT2D eigenvalue weighted by atomic mass is 10.1. The summed E-state index contributed by atoms with van der Waals surface area (Å²) in [7, 11) is 1.63. The minimum Gasteiger partial charge on any atom is -0.359 e. The lowest BCUT2D eigenvalue weighted by Gasteiger charge is -2.09. The highest BCUT2D eigenvalue weighted by Crippen LogP contribution is 2.02. The second kappa shape index (κ2) is 3.15. The van der Waals surface area contributed by atoms with Crippen LogP contribution in [0, 0.1) is 5.92 Å². The van der Waals surface area contributed by atoms with Gasteiger partial charge in [-0.3, -0.25) is 9.79 Å². The number of rotatable bonds is 1. The van der Waals surface area contributed by atoms with Crippen LogP contribution in [0.15, 0.2) is 17.1 Å². The van der Waals surface area contributed by atoms with E-state index in [4.69, 9.17) is 0 Å². The summed E-state index contributed by atoms with van der Waals surface area (Å²) in [4.78, 5) is 14.9. The number of hydrogen-bond donors (Lipinski definition) is 1. The van der Waals surface area contributed by atoms with E-state index in [-0.39, 0.29) is 11.8 Å². The number of amides is 1. The lowest BCUT2D eigenvalue weighted by Crippen LogP contribution is -2.28. The number of aliphatic imine (C=N–C) groups is 1. The molecule has 0 fully saturated rings. The van der Waals surface area contributed by atoms with Crippen LogP contribution < -0.4 is 5.32 Å². The molecular weight excluding hydrogens is 128 g/mol. The highest BCUT2D eigenvalue weighted by Gasteiger charge is 2.13. The van der Waals surface area contributed by atoms with Crippen molar-refractivity contribution in [2.75, 3.05) is 13.6 Å². The quantitative estimate of drug-likeness (QED) is 0.544. The molecule has 0 saturated heterocycles. The van der Waals surface area contributed by atoms with Crippen LogP contribution in [0.3, 0.4) is 0 Å². The molecule has 3 heteroatoms. The Morgan fingerprint density at radius 3 is 3.10 bits per heavy atom. The van der Waals surface area contributed by atoms with Crippen molar-refractivity contribution in [3.05, 3.63) is 12.2 Å². The Hall–Kier alpha value is -1.12. The zero-order valence-electron chi connectivity index (χ0n) is 5.87. The van der Waals surface area contributed by atoms with Gasteiger partial charge in [-0.15, -0.1) is 0 Å². The first kappa shape index (κ1) is 6.99. The maximum atomic E-state index is 10.9. The molecule has 0 aliphatic carbocycles. The van der Waals surface area contributed by atoms with E-state index in [0.717, 1.165) is 0 Å². The Morgan fingerprint density at radius 1 is 1.80 bits per heavy atom. The van der Waals surface area contributed by atoms with Gasteiger partial charge in [0.15, 0.2) is 0 Å². The first-order valence-electron chi connectivity index (χ1n) is 3.23. The summed E-state index contributed by atoms with van der Waals surface area (Å²) in [6, 6.07) is 0. The van der Waals surface area contributed by atoms with E-state index < -0.39 is 0 Å². The summed E-state index contributed by atoms with van der Waals surface area (Å²) >= 11 is 0. The van der Waals surface area contributed by atoms with Crippen LogP contribution in [-0.4, -0.2) is 25.7 Å². The third kappa shape index (κ3) is 1.43. The van der Waals surface area contributed by atoms with Crippen LogP contribution >= 0.6 is 0 Å². The Bertz CT molecular complexity index is 184. The molecule has 1 heterocycles. The van der Waals surface area contributed by atoms with Gasteiger partial charge >= 0.3 is 0 Å². The molecule has 1 rings (SSSR count). The van der Waals surface area contributed by atoms with Crippen molar-refractivity contribution < 1.29 is 4.79 Å². The average Bonchev–Trinajstić information content (AvgIpc) is 2.05. The average molecular weight is 138 g/mol. The number of nitrogens with one attached hydrogen (secondary N) is 1. The molecule has 0 aromatic heterocycles. The van der Waals surface area contributed by atoms with Gasteiger partial charge in [-0.2, -0.15) is 0 Å². The van der Waals surface area contributed by atoms with E-state index in [0.29, 0.717) is 6.54 Å². The lowest BCUT2D eigenvalue weighted by molar-refractivity contribution is -0.122. The second-order valence-electron chi connectivity index (χ2n) is 2.12. The summed E-state index contributed by atoms with van der Waals surface area (Å²) in [5.74, 6) is -0.0249. The van der Waals surface area contributed by atoms with Gasteiger partial charge < -0.3 is 5.32 Å². The van der Waals surface area contributed by atoms with Gasteiger partial charge in [-0.05, 0) is 6.08 Å². The summed E-state index contributed by atoms with van der Waals surface area (Å²) in [6.45, 7) is 0.580. The fourth-order valence-electron chi connectivity index (χ4n) is 0.836. The molecule has 1 atom stereocenters. The van der Waals surface area contributed by atoms with Gasteiger partial charge in [-0.1, -0.05) is 6.08 Å². The Kier molecular flexibility index (Phi) is 2.20. The van der Waals surface area contributed by atoms with Crippen molar-refractivity contribution in [2.24, 2.45) is 10.9 Å². The number of allylic oxidation sites excluding steroid dienone is 1. The van der Waals surface area contributed by atoms with Crippen LogP contribution in [0.5, 0.6) is 0 Å². The van der Waals surface area contributed by atoms with Gasteiger partial charge in [0.25, 0.3) is 0 Å². The largest absolute Gasteiger partial charge is 0.359 e. The zero-order chi connectivity index (χ0) is 7.40. The summed E-state index contributed by atoms with van der Waals surface area (Å²) < 4.78 is 0. The molecule has 1 amide bonds. The van der Waals surface area contributed by atoms with Crippen LogP contribution in [-0.2, 0) is 4.79 Å². The van der Waals surface area contributed by atoms with Gasteiger partial charge in [0.2, 0.25) is 5.91 Å². The van der Waals surface area contributed by atoms with Crippen molar-refractivity contribution >= 4 is 12.1 Å². The van der Waals surface area contributed by atoms with Crippen molar-refractivity contribution in [1.29, 1.82) is 0 Å². The molecule has 3 nitrogen and oxygen atoms in total. The van der Waals surface area contributed by atoms with Crippen LogP contribution in [0.2, 0.25) is 0 Å². The smallest absolute Gasteiger partial charge is 0.228 e. The molecule has 1 unspecified atom stereocenters. The molecule has 1 N–H and O–H groups in total. The molecule has 10 heavy (non-hydrogen) atoms. The Morgan fingerprint density at radius 2 is 2.60 bits per heavy atom. The van der Waals surface area contributed by atoms with Gasteiger partial charge in [0, 0.05) is 13.3 Å². The van der Waals surface area contributed by atoms with Crippen molar-refractivity contribution in [1.82, 2.24) is 5.32 Å². The van der Waals surface area contributed by atoms with Crippen molar-refractivity contribution in [2.45, 2.75) is 0 Å². The summed E-state index contributed by atoms with van der Waals surface area (Å²) in [5, 5.41) is 2.57. The number of nitrogens with zero attached hydrogens (tertiary/aromatic N) is 1. The third-order valence-corrected chi connectivity index (χ3v) is 1.42. The van der Waals surface area contributed by atoms with E-state index in [1.165, 1.54) is 0 Å². The van der Waals surface area contributed by atoms with E-state index in [1.807, 2.05) is 6.08 Å². The highest BCUT2D eigenvalue weighted by molar-refractivity contribution is 5.83. The van der Waals surface area contributed by atoms with E-state index in [2.05, 4.69) is 10.3 Å².